The number of nitrogens with zero attached hydrogens (tertiary/aromatic N) is 1. The number of fused-ring (bicyclic) bond motifs is 1. The van der Waals surface area contributed by atoms with E-state index in [1.165, 1.54) is 24.9 Å². The van der Waals surface area contributed by atoms with Gasteiger partial charge in [0.05, 0.1) is 20.3 Å². The molecule has 0 aromatic heterocycles. The topological polar surface area (TPSA) is 97.0 Å². The third-order valence-electron chi connectivity index (χ3n) is 6.23. The van der Waals surface area contributed by atoms with Gasteiger partial charge in [0, 0.05) is 24.3 Å². The van der Waals surface area contributed by atoms with E-state index in [1.54, 1.807) is 12.1 Å². The Bertz CT molecular complexity index is 1230. The van der Waals surface area contributed by atoms with E-state index in [2.05, 4.69) is 22.5 Å². The third kappa shape index (κ3) is 4.47. The van der Waals surface area contributed by atoms with Crippen LogP contribution in [0.2, 0.25) is 0 Å². The zero-order valence-corrected chi connectivity index (χ0v) is 18.8. The second-order valence-electron chi connectivity index (χ2n) is 8.91. The zero-order valence-electron chi connectivity index (χ0n) is 18.8. The number of imide groups is 1. The highest BCUT2D eigenvalue weighted by Gasteiger charge is 2.48. The van der Waals surface area contributed by atoms with Gasteiger partial charge in [0.25, 0.3) is 11.8 Å². The Labute approximate surface area is 197 Å². The van der Waals surface area contributed by atoms with Crippen molar-refractivity contribution in [3.05, 3.63) is 64.7 Å². The summed E-state index contributed by atoms with van der Waals surface area (Å²) in [6.45, 7) is 1.51. The normalized spacial score (nSPS) is 21.0. The molecule has 0 unspecified atom stereocenters. The summed E-state index contributed by atoms with van der Waals surface area (Å²) in [4.78, 5) is 39.4. The van der Waals surface area contributed by atoms with E-state index >= 15 is 0 Å². The number of urea groups is 1. The van der Waals surface area contributed by atoms with Crippen molar-refractivity contribution in [3.8, 4) is 17.6 Å². The smallest absolute Gasteiger partial charge is 0.323 e. The molecule has 2 heterocycles. The fraction of sp³-hybridized carbons (Fsp3) is 0.346. The summed E-state index contributed by atoms with van der Waals surface area (Å²) >= 11 is 0. The monoisotopic (exact) mass is 459 g/mol. The molecule has 2 aliphatic heterocycles. The predicted molar refractivity (Wildman–Crippen MR) is 123 cm³/mol. The second-order valence-corrected chi connectivity index (χ2v) is 8.91. The predicted octanol–water partition coefficient (Wildman–Crippen LogP) is 2.21. The minimum absolute atomic E-state index is 0.0718. The highest BCUT2D eigenvalue weighted by molar-refractivity contribution is 6.10. The van der Waals surface area contributed by atoms with E-state index in [9.17, 15) is 14.4 Å². The third-order valence-corrected chi connectivity index (χ3v) is 6.23. The molecule has 0 bridgehead atoms. The Morgan fingerprint density at radius 2 is 2.00 bits per heavy atom. The summed E-state index contributed by atoms with van der Waals surface area (Å²) in [5.74, 6) is 6.42. The van der Waals surface area contributed by atoms with Gasteiger partial charge in [-0.05, 0) is 54.2 Å². The molecule has 5 rings (SSSR count). The number of nitrogens with one attached hydrogen (secondary N) is 2. The molecule has 0 spiro atoms. The molecule has 2 aromatic carbocycles. The zero-order chi connectivity index (χ0) is 23.7. The molecule has 1 saturated heterocycles. The van der Waals surface area contributed by atoms with Crippen LogP contribution in [0.3, 0.4) is 0 Å². The Balaban J connectivity index is 1.36. The number of benzene rings is 2. The van der Waals surface area contributed by atoms with Crippen molar-refractivity contribution in [1.29, 1.82) is 0 Å². The number of hydrogen-bond donors (Lipinski definition) is 2. The van der Waals surface area contributed by atoms with Crippen molar-refractivity contribution >= 4 is 17.8 Å². The average Bonchev–Trinajstić information content (AvgIpc) is 3.55. The van der Waals surface area contributed by atoms with Gasteiger partial charge in [-0.15, -0.1) is 0 Å². The van der Waals surface area contributed by atoms with Crippen LogP contribution in [0, 0.1) is 17.8 Å². The van der Waals surface area contributed by atoms with Gasteiger partial charge in [-0.2, -0.15) is 0 Å². The lowest BCUT2D eigenvalue weighted by molar-refractivity contribution is -0.122. The van der Waals surface area contributed by atoms with E-state index in [0.717, 1.165) is 17.7 Å². The van der Waals surface area contributed by atoms with Crippen molar-refractivity contribution in [3.63, 3.8) is 0 Å². The van der Waals surface area contributed by atoms with Crippen molar-refractivity contribution in [1.82, 2.24) is 15.5 Å². The van der Waals surface area contributed by atoms with Gasteiger partial charge in [0.1, 0.15) is 5.75 Å². The Morgan fingerprint density at radius 1 is 1.15 bits per heavy atom. The standard InChI is InChI=1S/C26H25N3O5/c1-33-21-8-7-20-13-29(23(30)22(20)12-21)16-26(24(31)27-25(32)28-26)10-9-17-3-2-4-19(11-17)15-34-14-18-5-6-18/h2-4,7-8,11-12,18H,5-6,13-16H2,1H3,(H2,27,28,31,32)/t26-/m1/s1. The molecule has 2 fully saturated rings. The van der Waals surface area contributed by atoms with Crippen molar-refractivity contribution < 1.29 is 23.9 Å². The molecule has 1 saturated carbocycles. The summed E-state index contributed by atoms with van der Waals surface area (Å²) in [6.07, 6.45) is 2.47. The molecule has 2 aromatic rings. The van der Waals surface area contributed by atoms with Gasteiger partial charge in [-0.25, -0.2) is 4.79 Å². The lowest BCUT2D eigenvalue weighted by Crippen LogP contribution is -2.54. The van der Waals surface area contributed by atoms with Crippen LogP contribution < -0.4 is 15.4 Å². The second kappa shape index (κ2) is 8.84. The van der Waals surface area contributed by atoms with Crippen LogP contribution >= 0.6 is 0 Å². The Morgan fingerprint density at radius 3 is 2.74 bits per heavy atom. The molecular formula is C26H25N3O5. The minimum Gasteiger partial charge on any atom is -0.497 e. The quantitative estimate of drug-likeness (QED) is 0.489. The lowest BCUT2D eigenvalue weighted by atomic mass is 9.99. The number of carbonyl (C=O) groups is 3. The summed E-state index contributed by atoms with van der Waals surface area (Å²) in [7, 11) is 1.54. The van der Waals surface area contributed by atoms with Crippen molar-refractivity contribution in [2.45, 2.75) is 31.5 Å². The van der Waals surface area contributed by atoms with Crippen LogP contribution in [0.4, 0.5) is 4.79 Å². The highest BCUT2D eigenvalue weighted by Crippen LogP contribution is 2.29. The lowest BCUT2D eigenvalue weighted by Gasteiger charge is -2.26. The first-order valence-corrected chi connectivity index (χ1v) is 11.3. The Hall–Kier alpha value is -3.83. The van der Waals surface area contributed by atoms with E-state index in [0.29, 0.717) is 35.9 Å². The first-order chi connectivity index (χ1) is 16.5. The van der Waals surface area contributed by atoms with E-state index < -0.39 is 17.5 Å². The van der Waals surface area contributed by atoms with Gasteiger partial charge in [0.15, 0.2) is 0 Å². The molecule has 4 amide bonds. The van der Waals surface area contributed by atoms with Crippen LogP contribution in [-0.4, -0.2) is 48.5 Å². The molecule has 1 atom stereocenters. The van der Waals surface area contributed by atoms with Gasteiger partial charge in [-0.1, -0.05) is 30.0 Å². The molecule has 174 valence electrons. The van der Waals surface area contributed by atoms with Crippen LogP contribution in [0.25, 0.3) is 0 Å². The van der Waals surface area contributed by atoms with Gasteiger partial charge < -0.3 is 19.7 Å². The summed E-state index contributed by atoms with van der Waals surface area (Å²) < 4.78 is 11.0. The SMILES string of the molecule is COc1ccc2c(c1)C(=O)N(C[C@@]1(C#Cc3cccc(COCC4CC4)c3)NC(=O)NC1=O)C2. The van der Waals surface area contributed by atoms with E-state index in [1.807, 2.05) is 30.3 Å². The molecule has 8 heteroatoms. The van der Waals surface area contributed by atoms with Gasteiger partial charge in [-0.3, -0.25) is 14.9 Å². The van der Waals surface area contributed by atoms with E-state index in [-0.39, 0.29) is 12.5 Å². The van der Waals surface area contributed by atoms with Crippen LogP contribution in [0.15, 0.2) is 42.5 Å². The maximum Gasteiger partial charge on any atom is 0.323 e. The maximum absolute atomic E-state index is 13.0. The maximum atomic E-state index is 13.0. The van der Waals surface area contributed by atoms with Gasteiger partial charge >= 0.3 is 6.03 Å². The summed E-state index contributed by atoms with van der Waals surface area (Å²) in [5, 5.41) is 4.89. The largest absolute Gasteiger partial charge is 0.497 e. The molecule has 3 aliphatic rings. The fourth-order valence-electron chi connectivity index (χ4n) is 4.16. The number of hydrogen-bond acceptors (Lipinski definition) is 5. The first kappa shape index (κ1) is 22.0. The first-order valence-electron chi connectivity index (χ1n) is 11.3. The molecule has 8 nitrogen and oxygen atoms in total. The molecule has 0 radical (unpaired) electrons. The van der Waals surface area contributed by atoms with Gasteiger partial charge in [0.2, 0.25) is 5.54 Å². The van der Waals surface area contributed by atoms with E-state index in [4.69, 9.17) is 9.47 Å². The number of methoxy groups -OCH3 is 1. The van der Waals surface area contributed by atoms with Crippen molar-refractivity contribution in [2.75, 3.05) is 20.3 Å². The minimum atomic E-state index is -1.54. The Kier molecular flexibility index (Phi) is 5.72. The molecule has 2 N–H and O–H groups in total. The average molecular weight is 460 g/mol. The number of carbonyl (C=O) groups excluding carboxylic acids is 3. The highest BCUT2D eigenvalue weighted by atomic mass is 16.5. The fourth-order valence-corrected chi connectivity index (χ4v) is 4.16. The molecular weight excluding hydrogens is 434 g/mol. The van der Waals surface area contributed by atoms with Crippen LogP contribution in [0.1, 0.15) is 39.9 Å². The van der Waals surface area contributed by atoms with Crippen molar-refractivity contribution in [2.24, 2.45) is 5.92 Å². The number of ether oxygens (including phenoxy) is 2. The molecule has 34 heavy (non-hydrogen) atoms. The summed E-state index contributed by atoms with van der Waals surface area (Å²) in [5.41, 5.74) is 1.49. The number of rotatable bonds is 7. The summed E-state index contributed by atoms with van der Waals surface area (Å²) in [6, 6.07) is 12.3. The number of amides is 4. The van der Waals surface area contributed by atoms with Crippen LogP contribution in [-0.2, 0) is 22.7 Å². The van der Waals surface area contributed by atoms with Crippen LogP contribution in [0.5, 0.6) is 5.75 Å². The molecule has 1 aliphatic carbocycles.